The Labute approximate surface area is 150 Å². The smallest absolute Gasteiger partial charge is 0.123 e. The second-order valence-corrected chi connectivity index (χ2v) is 6.87. The van der Waals surface area contributed by atoms with Crippen molar-refractivity contribution in [2.45, 2.75) is 33.1 Å². The van der Waals surface area contributed by atoms with Crippen LogP contribution >= 0.6 is 0 Å². The molecule has 0 unspecified atom stereocenters. The van der Waals surface area contributed by atoms with Crippen molar-refractivity contribution in [2.75, 3.05) is 19.7 Å². The summed E-state index contributed by atoms with van der Waals surface area (Å²) in [6.45, 7) is 7.19. The Bertz CT molecular complexity index is 601. The topological polar surface area (TPSA) is 32.7 Å². The van der Waals surface area contributed by atoms with Crippen LogP contribution in [-0.4, -0.2) is 35.8 Å². The van der Waals surface area contributed by atoms with Crippen LogP contribution in [0.1, 0.15) is 25.0 Å². The van der Waals surface area contributed by atoms with Crippen LogP contribution < -0.4 is 0 Å². The Kier molecular flexibility index (Phi) is 8.06. The monoisotopic (exact) mass is 345 g/mol. The number of hydrogen-bond donors (Lipinski definition) is 1. The van der Waals surface area contributed by atoms with Crippen molar-refractivity contribution >= 4 is 0 Å². The lowest BCUT2D eigenvalue weighted by Gasteiger charge is -2.26. The van der Waals surface area contributed by atoms with E-state index in [0.29, 0.717) is 32.2 Å². The maximum absolute atomic E-state index is 13.1. The van der Waals surface area contributed by atoms with E-state index in [1.54, 1.807) is 12.1 Å². The molecule has 3 nitrogen and oxygen atoms in total. The fraction of sp³-hybridized carbons (Fsp3) is 0.429. The second kappa shape index (κ2) is 10.3. The highest BCUT2D eigenvalue weighted by Crippen LogP contribution is 2.10. The molecule has 0 bridgehead atoms. The van der Waals surface area contributed by atoms with Gasteiger partial charge in [-0.3, -0.25) is 4.90 Å². The summed E-state index contributed by atoms with van der Waals surface area (Å²) in [6, 6.07) is 16.5. The molecule has 2 aromatic rings. The van der Waals surface area contributed by atoms with Gasteiger partial charge in [0.1, 0.15) is 5.82 Å². The first-order valence-electron chi connectivity index (χ1n) is 8.79. The Morgan fingerprint density at radius 1 is 0.960 bits per heavy atom. The number of hydrogen-bond acceptors (Lipinski definition) is 3. The van der Waals surface area contributed by atoms with Gasteiger partial charge in [0.25, 0.3) is 0 Å². The molecule has 0 aromatic heterocycles. The second-order valence-electron chi connectivity index (χ2n) is 6.87. The molecule has 0 saturated carbocycles. The Morgan fingerprint density at radius 2 is 1.64 bits per heavy atom. The van der Waals surface area contributed by atoms with Crippen molar-refractivity contribution in [2.24, 2.45) is 5.92 Å². The maximum Gasteiger partial charge on any atom is 0.123 e. The van der Waals surface area contributed by atoms with Crippen molar-refractivity contribution < 1.29 is 14.2 Å². The molecule has 2 rings (SSSR count). The fourth-order valence-electron chi connectivity index (χ4n) is 2.81. The van der Waals surface area contributed by atoms with Crippen LogP contribution in [0, 0.1) is 11.7 Å². The van der Waals surface area contributed by atoms with E-state index in [0.717, 1.165) is 17.7 Å². The zero-order chi connectivity index (χ0) is 18.1. The molecule has 0 amide bonds. The van der Waals surface area contributed by atoms with Crippen LogP contribution in [0.2, 0.25) is 0 Å². The number of aliphatic hydroxyl groups excluding tert-OH is 1. The predicted molar refractivity (Wildman–Crippen MR) is 98.6 cm³/mol. The lowest BCUT2D eigenvalue weighted by molar-refractivity contribution is 0.00678. The average molecular weight is 345 g/mol. The molecule has 0 fully saturated rings. The zero-order valence-electron chi connectivity index (χ0n) is 15.1. The Balaban J connectivity index is 1.81. The first-order chi connectivity index (χ1) is 12.0. The molecule has 0 aliphatic heterocycles. The normalized spacial score (nSPS) is 12.7. The van der Waals surface area contributed by atoms with Gasteiger partial charge in [0.2, 0.25) is 0 Å². The van der Waals surface area contributed by atoms with Crippen LogP contribution in [0.15, 0.2) is 54.6 Å². The first-order valence-corrected chi connectivity index (χ1v) is 8.79. The number of rotatable bonds is 10. The standard InChI is InChI=1S/C21H28FNO2/c1-17(2)12-23(13-18-8-10-20(22)11-9-18)14-21(24)16-25-15-19-6-4-3-5-7-19/h3-11,17,21,24H,12-16H2,1-2H3/t21-/m1/s1. The van der Waals surface area contributed by atoms with E-state index < -0.39 is 6.10 Å². The van der Waals surface area contributed by atoms with Crippen molar-refractivity contribution in [3.63, 3.8) is 0 Å². The van der Waals surface area contributed by atoms with Gasteiger partial charge in [-0.05, 0) is 29.2 Å². The highest BCUT2D eigenvalue weighted by atomic mass is 19.1. The number of benzene rings is 2. The SMILES string of the molecule is CC(C)CN(Cc1ccc(F)cc1)C[C@@H](O)COCc1ccccc1. The van der Waals surface area contributed by atoms with E-state index in [1.807, 2.05) is 30.3 Å². The average Bonchev–Trinajstić information content (AvgIpc) is 2.57. The molecule has 1 atom stereocenters. The summed E-state index contributed by atoms with van der Waals surface area (Å²) >= 11 is 0. The molecule has 136 valence electrons. The van der Waals surface area contributed by atoms with Crippen LogP contribution in [-0.2, 0) is 17.9 Å². The summed E-state index contributed by atoms with van der Waals surface area (Å²) in [6.07, 6.45) is -0.553. The molecule has 25 heavy (non-hydrogen) atoms. The molecule has 0 heterocycles. The van der Waals surface area contributed by atoms with Gasteiger partial charge in [-0.2, -0.15) is 0 Å². The number of ether oxygens (including phenoxy) is 1. The molecule has 0 radical (unpaired) electrons. The minimum absolute atomic E-state index is 0.228. The molecule has 1 N–H and O–H groups in total. The summed E-state index contributed by atoms with van der Waals surface area (Å²) in [7, 11) is 0. The number of halogens is 1. The van der Waals surface area contributed by atoms with Gasteiger partial charge in [-0.1, -0.05) is 56.3 Å². The minimum Gasteiger partial charge on any atom is -0.389 e. The summed E-state index contributed by atoms with van der Waals surface area (Å²) in [5, 5.41) is 10.3. The molecule has 2 aromatic carbocycles. The fourth-order valence-corrected chi connectivity index (χ4v) is 2.81. The van der Waals surface area contributed by atoms with Gasteiger partial charge in [0.05, 0.1) is 19.3 Å². The van der Waals surface area contributed by atoms with Gasteiger partial charge in [0.15, 0.2) is 0 Å². The molecule has 0 spiro atoms. The highest BCUT2D eigenvalue weighted by Gasteiger charge is 2.14. The third-order valence-corrected chi connectivity index (χ3v) is 3.83. The van der Waals surface area contributed by atoms with Gasteiger partial charge in [0, 0.05) is 19.6 Å². The third kappa shape index (κ3) is 7.78. The van der Waals surface area contributed by atoms with E-state index in [2.05, 4.69) is 18.7 Å². The summed E-state index contributed by atoms with van der Waals surface area (Å²) in [4.78, 5) is 2.19. The Morgan fingerprint density at radius 3 is 2.28 bits per heavy atom. The van der Waals surface area contributed by atoms with Crippen LogP contribution in [0.4, 0.5) is 4.39 Å². The molecular formula is C21H28FNO2. The lowest BCUT2D eigenvalue weighted by atomic mass is 10.1. The molecule has 0 aliphatic rings. The van der Waals surface area contributed by atoms with E-state index >= 15 is 0 Å². The Hall–Kier alpha value is -1.75. The van der Waals surface area contributed by atoms with Crippen molar-refractivity contribution in [3.8, 4) is 0 Å². The van der Waals surface area contributed by atoms with Gasteiger partial charge >= 0.3 is 0 Å². The number of aliphatic hydroxyl groups is 1. The zero-order valence-corrected chi connectivity index (χ0v) is 15.1. The molecule has 0 saturated heterocycles. The molecular weight excluding hydrogens is 317 g/mol. The van der Waals surface area contributed by atoms with Crippen molar-refractivity contribution in [3.05, 3.63) is 71.5 Å². The van der Waals surface area contributed by atoms with Crippen LogP contribution in [0.5, 0.6) is 0 Å². The van der Waals surface area contributed by atoms with Crippen LogP contribution in [0.25, 0.3) is 0 Å². The molecule has 4 heteroatoms. The van der Waals surface area contributed by atoms with E-state index in [4.69, 9.17) is 4.74 Å². The van der Waals surface area contributed by atoms with E-state index in [-0.39, 0.29) is 5.82 Å². The van der Waals surface area contributed by atoms with E-state index in [9.17, 15) is 9.50 Å². The third-order valence-electron chi connectivity index (χ3n) is 3.83. The van der Waals surface area contributed by atoms with Crippen molar-refractivity contribution in [1.29, 1.82) is 0 Å². The van der Waals surface area contributed by atoms with Gasteiger partial charge in [-0.15, -0.1) is 0 Å². The van der Waals surface area contributed by atoms with Crippen LogP contribution in [0.3, 0.4) is 0 Å². The molecule has 0 aliphatic carbocycles. The van der Waals surface area contributed by atoms with Gasteiger partial charge < -0.3 is 9.84 Å². The maximum atomic E-state index is 13.1. The van der Waals surface area contributed by atoms with E-state index in [1.165, 1.54) is 12.1 Å². The predicted octanol–water partition coefficient (Wildman–Crippen LogP) is 3.86. The largest absolute Gasteiger partial charge is 0.389 e. The van der Waals surface area contributed by atoms with Crippen molar-refractivity contribution in [1.82, 2.24) is 4.90 Å². The first kappa shape index (κ1) is 19.6. The quantitative estimate of drug-likeness (QED) is 0.710. The summed E-state index contributed by atoms with van der Waals surface area (Å²) < 4.78 is 18.7. The lowest BCUT2D eigenvalue weighted by Crippen LogP contribution is -2.36. The highest BCUT2D eigenvalue weighted by molar-refractivity contribution is 5.16. The minimum atomic E-state index is -0.553. The summed E-state index contributed by atoms with van der Waals surface area (Å²) in [5.74, 6) is 0.256. The number of nitrogens with zero attached hydrogens (tertiary/aromatic N) is 1. The van der Waals surface area contributed by atoms with Gasteiger partial charge in [-0.25, -0.2) is 4.39 Å². The summed E-state index contributed by atoms with van der Waals surface area (Å²) in [5.41, 5.74) is 2.14.